The van der Waals surface area contributed by atoms with Crippen LogP contribution in [0, 0.1) is 12.3 Å². The quantitative estimate of drug-likeness (QED) is 0.267. The van der Waals surface area contributed by atoms with Gasteiger partial charge in [0.25, 0.3) is 11.8 Å². The largest absolute Gasteiger partial charge is 0.493 e. The second kappa shape index (κ2) is 11.3. The number of carbonyl (C=O) groups is 3. The van der Waals surface area contributed by atoms with Crippen LogP contribution in [-0.2, 0) is 16.2 Å². The Morgan fingerprint density at radius 1 is 1.03 bits per heavy atom. The highest BCUT2D eigenvalue weighted by molar-refractivity contribution is 6.39. The summed E-state index contributed by atoms with van der Waals surface area (Å²) in [6.07, 6.45) is 6.55. The van der Waals surface area contributed by atoms with E-state index in [1.807, 2.05) is 30.3 Å². The molecular weight excluding hydrogens is 496 g/mol. The monoisotopic (exact) mass is 516 g/mol. The number of imide groups is 2. The maximum Gasteiger partial charge on any atom is 0.335 e. The van der Waals surface area contributed by atoms with Crippen LogP contribution in [0.25, 0.3) is 6.08 Å². The van der Waals surface area contributed by atoms with Crippen molar-refractivity contribution < 1.29 is 28.6 Å². The van der Waals surface area contributed by atoms with E-state index >= 15 is 0 Å². The highest BCUT2D eigenvalue weighted by atomic mass is 35.5. The van der Waals surface area contributed by atoms with Crippen LogP contribution >= 0.6 is 11.6 Å². The van der Waals surface area contributed by atoms with Gasteiger partial charge in [-0.15, -0.1) is 6.42 Å². The van der Waals surface area contributed by atoms with Crippen molar-refractivity contribution in [3.8, 4) is 29.6 Å². The minimum atomic E-state index is -0.862. The number of terminal acetylenes is 1. The van der Waals surface area contributed by atoms with Crippen LogP contribution < -0.4 is 24.4 Å². The highest BCUT2D eigenvalue weighted by Gasteiger charge is 2.37. The zero-order valence-corrected chi connectivity index (χ0v) is 20.5. The van der Waals surface area contributed by atoms with E-state index in [-0.39, 0.29) is 34.4 Å². The number of barbiturate groups is 1. The van der Waals surface area contributed by atoms with E-state index < -0.39 is 17.8 Å². The Morgan fingerprint density at radius 3 is 2.43 bits per heavy atom. The first-order valence-corrected chi connectivity index (χ1v) is 11.4. The first-order valence-electron chi connectivity index (χ1n) is 11.0. The Kier molecular flexibility index (Phi) is 7.77. The Balaban J connectivity index is 1.57. The van der Waals surface area contributed by atoms with Crippen molar-refractivity contribution >= 4 is 41.2 Å². The summed E-state index contributed by atoms with van der Waals surface area (Å²) in [5.74, 6) is 1.75. The van der Waals surface area contributed by atoms with E-state index in [0.717, 1.165) is 10.5 Å². The van der Waals surface area contributed by atoms with Gasteiger partial charge in [-0.1, -0.05) is 47.9 Å². The minimum absolute atomic E-state index is 0.0232. The van der Waals surface area contributed by atoms with E-state index in [1.165, 1.54) is 25.3 Å². The van der Waals surface area contributed by atoms with Crippen LogP contribution in [-0.4, -0.2) is 31.6 Å². The summed E-state index contributed by atoms with van der Waals surface area (Å²) in [4.78, 5) is 39.2. The molecule has 0 atom stereocenters. The van der Waals surface area contributed by atoms with E-state index in [4.69, 9.17) is 32.2 Å². The molecule has 3 aromatic carbocycles. The number of benzene rings is 3. The number of carbonyl (C=O) groups excluding carboxylic acids is 3. The first kappa shape index (κ1) is 25.4. The molecule has 37 heavy (non-hydrogen) atoms. The molecule has 1 fully saturated rings. The summed E-state index contributed by atoms with van der Waals surface area (Å²) < 4.78 is 16.5. The molecule has 4 rings (SSSR count). The molecule has 186 valence electrons. The van der Waals surface area contributed by atoms with E-state index in [1.54, 1.807) is 24.3 Å². The average molecular weight is 517 g/mol. The second-order valence-corrected chi connectivity index (χ2v) is 8.16. The molecule has 1 saturated heterocycles. The highest BCUT2D eigenvalue weighted by Crippen LogP contribution is 2.37. The fourth-order valence-corrected chi connectivity index (χ4v) is 3.84. The summed E-state index contributed by atoms with van der Waals surface area (Å²) in [7, 11) is 1.41. The van der Waals surface area contributed by atoms with Crippen molar-refractivity contribution in [1.82, 2.24) is 5.32 Å². The third-order valence-electron chi connectivity index (χ3n) is 5.31. The van der Waals surface area contributed by atoms with Crippen molar-refractivity contribution in [1.29, 1.82) is 0 Å². The average Bonchev–Trinajstić information content (AvgIpc) is 2.90. The zero-order valence-electron chi connectivity index (χ0n) is 19.7. The SMILES string of the molecule is C#CCOc1c(Cl)cc(/C=C2\C(=O)NC(=O)N(c3ccc(OCc4ccccc4)cc3)C2=O)cc1OC. The van der Waals surface area contributed by atoms with Gasteiger partial charge in [0.2, 0.25) is 0 Å². The lowest BCUT2D eigenvalue weighted by Gasteiger charge is -2.26. The molecule has 3 aromatic rings. The molecule has 1 heterocycles. The Labute approximate surface area is 218 Å². The first-order chi connectivity index (χ1) is 17.9. The predicted octanol–water partition coefficient (Wildman–Crippen LogP) is 4.61. The lowest BCUT2D eigenvalue weighted by molar-refractivity contribution is -0.122. The molecule has 0 spiro atoms. The summed E-state index contributed by atoms with van der Waals surface area (Å²) >= 11 is 6.30. The van der Waals surface area contributed by atoms with Gasteiger partial charge < -0.3 is 14.2 Å². The molecule has 8 nitrogen and oxygen atoms in total. The van der Waals surface area contributed by atoms with Gasteiger partial charge in [0.05, 0.1) is 17.8 Å². The molecule has 0 aliphatic carbocycles. The summed E-state index contributed by atoms with van der Waals surface area (Å²) in [5, 5.41) is 2.36. The van der Waals surface area contributed by atoms with Crippen LogP contribution in [0.4, 0.5) is 10.5 Å². The molecule has 4 amide bonds. The smallest absolute Gasteiger partial charge is 0.335 e. The molecule has 1 N–H and O–H groups in total. The maximum atomic E-state index is 13.2. The van der Waals surface area contributed by atoms with Crippen molar-refractivity contribution in [2.45, 2.75) is 6.61 Å². The fraction of sp³-hybridized carbons (Fsp3) is 0.107. The van der Waals surface area contributed by atoms with Crippen LogP contribution in [0.5, 0.6) is 17.2 Å². The van der Waals surface area contributed by atoms with Crippen molar-refractivity contribution in [2.24, 2.45) is 0 Å². The molecular formula is C28H21ClN2O6. The van der Waals surface area contributed by atoms with Gasteiger partial charge in [0, 0.05) is 0 Å². The molecule has 1 aliphatic heterocycles. The van der Waals surface area contributed by atoms with Gasteiger partial charge in [0.1, 0.15) is 24.5 Å². The Hall–Kier alpha value is -4.74. The third kappa shape index (κ3) is 5.74. The van der Waals surface area contributed by atoms with E-state index in [0.29, 0.717) is 17.9 Å². The topological polar surface area (TPSA) is 94.2 Å². The van der Waals surface area contributed by atoms with Gasteiger partial charge in [0.15, 0.2) is 11.5 Å². The third-order valence-corrected chi connectivity index (χ3v) is 5.59. The van der Waals surface area contributed by atoms with E-state index in [9.17, 15) is 14.4 Å². The number of amides is 4. The van der Waals surface area contributed by atoms with Gasteiger partial charge in [-0.05, 0) is 53.6 Å². The molecule has 0 aromatic heterocycles. The lowest BCUT2D eigenvalue weighted by Crippen LogP contribution is -2.54. The van der Waals surface area contributed by atoms with Crippen LogP contribution in [0.2, 0.25) is 5.02 Å². The zero-order chi connectivity index (χ0) is 26.4. The molecule has 0 bridgehead atoms. The number of rotatable bonds is 8. The summed E-state index contributed by atoms with van der Waals surface area (Å²) in [5.41, 5.74) is 1.38. The molecule has 0 unspecified atom stereocenters. The molecule has 0 radical (unpaired) electrons. The maximum absolute atomic E-state index is 13.2. The van der Waals surface area contributed by atoms with Crippen molar-refractivity contribution in [3.63, 3.8) is 0 Å². The number of nitrogens with zero attached hydrogens (tertiary/aromatic N) is 1. The van der Waals surface area contributed by atoms with Gasteiger partial charge >= 0.3 is 6.03 Å². The lowest BCUT2D eigenvalue weighted by atomic mass is 10.1. The van der Waals surface area contributed by atoms with Crippen molar-refractivity contribution in [2.75, 3.05) is 18.6 Å². The number of halogens is 1. The number of urea groups is 1. The number of nitrogens with one attached hydrogen (secondary N) is 1. The molecule has 1 aliphatic rings. The van der Waals surface area contributed by atoms with Gasteiger partial charge in [-0.25, -0.2) is 9.69 Å². The Morgan fingerprint density at radius 2 is 1.76 bits per heavy atom. The van der Waals surface area contributed by atoms with Crippen LogP contribution in [0.1, 0.15) is 11.1 Å². The normalized spacial score (nSPS) is 14.2. The number of ether oxygens (including phenoxy) is 3. The second-order valence-electron chi connectivity index (χ2n) is 7.75. The molecule has 9 heteroatoms. The predicted molar refractivity (Wildman–Crippen MR) is 139 cm³/mol. The standard InChI is InChI=1S/C28H21ClN2O6/c1-3-13-36-25-23(29)15-19(16-24(25)35-2)14-22-26(32)30-28(34)31(27(22)33)20-9-11-21(12-10-20)37-17-18-7-5-4-6-8-18/h1,4-12,14-16H,13,17H2,2H3,(H,30,32,34)/b22-14+. The number of methoxy groups -OCH3 is 1. The van der Waals surface area contributed by atoms with E-state index in [2.05, 4.69) is 11.2 Å². The molecule has 0 saturated carbocycles. The van der Waals surface area contributed by atoms with Crippen LogP contribution in [0.3, 0.4) is 0 Å². The fourth-order valence-electron chi connectivity index (χ4n) is 3.57. The summed E-state index contributed by atoms with van der Waals surface area (Å²) in [6.45, 7) is 0.341. The number of hydrogen-bond donors (Lipinski definition) is 1. The Bertz CT molecular complexity index is 1410. The summed E-state index contributed by atoms with van der Waals surface area (Å²) in [6, 6.07) is 18.2. The van der Waals surface area contributed by atoms with Gasteiger partial charge in [-0.3, -0.25) is 14.9 Å². The number of hydrogen-bond acceptors (Lipinski definition) is 6. The minimum Gasteiger partial charge on any atom is -0.493 e. The van der Waals surface area contributed by atoms with Gasteiger partial charge in [-0.2, -0.15) is 0 Å². The number of anilines is 1. The van der Waals surface area contributed by atoms with Crippen LogP contribution in [0.15, 0.2) is 72.3 Å². The van der Waals surface area contributed by atoms with Crippen molar-refractivity contribution in [3.05, 3.63) is 88.5 Å².